The molecule has 1 fully saturated rings. The number of amides is 2. The highest BCUT2D eigenvalue weighted by atomic mass is 16.6. The lowest BCUT2D eigenvalue weighted by Crippen LogP contribution is -2.51. The Morgan fingerprint density at radius 2 is 1.30 bits per heavy atom. The van der Waals surface area contributed by atoms with Crippen molar-refractivity contribution in [2.75, 3.05) is 6.54 Å². The van der Waals surface area contributed by atoms with Crippen molar-refractivity contribution in [3.8, 4) is 5.75 Å². The van der Waals surface area contributed by atoms with Crippen molar-refractivity contribution in [1.29, 1.82) is 0 Å². The van der Waals surface area contributed by atoms with Crippen molar-refractivity contribution in [2.45, 2.75) is 83.6 Å². The number of carbonyl (C=O) groups is 5. The number of hydrogen-bond acceptors (Lipinski definition) is 8. The van der Waals surface area contributed by atoms with Crippen LogP contribution in [0.3, 0.4) is 0 Å². The Labute approximate surface area is 292 Å². The quantitative estimate of drug-likeness (QED) is 0.0936. The monoisotopic (exact) mass is 686 g/mol. The van der Waals surface area contributed by atoms with E-state index < -0.39 is 47.8 Å². The normalized spacial score (nSPS) is 16.1. The summed E-state index contributed by atoms with van der Waals surface area (Å²) < 4.78 is 16.6. The van der Waals surface area contributed by atoms with Crippen molar-refractivity contribution in [3.63, 3.8) is 0 Å². The largest absolute Gasteiger partial charge is 0.481 e. The van der Waals surface area contributed by atoms with Crippen LogP contribution < -0.4 is 15.4 Å². The van der Waals surface area contributed by atoms with E-state index in [2.05, 4.69) is 17.6 Å². The Balaban J connectivity index is 1.45. The summed E-state index contributed by atoms with van der Waals surface area (Å²) in [6.45, 7) is 2.39. The second-order valence-electron chi connectivity index (χ2n) is 12.4. The average Bonchev–Trinajstić information content (AvgIpc) is 3.14. The minimum atomic E-state index is -1.70. The van der Waals surface area contributed by atoms with Crippen LogP contribution in [0.2, 0.25) is 0 Å². The zero-order valence-electron chi connectivity index (χ0n) is 28.4. The third-order valence-corrected chi connectivity index (χ3v) is 8.63. The van der Waals surface area contributed by atoms with Crippen LogP contribution in [0.1, 0.15) is 68.6 Å². The van der Waals surface area contributed by atoms with Crippen molar-refractivity contribution < 1.29 is 43.3 Å². The van der Waals surface area contributed by atoms with E-state index in [1.807, 2.05) is 36.4 Å². The molecule has 0 bridgehead atoms. The van der Waals surface area contributed by atoms with E-state index in [9.17, 15) is 29.1 Å². The summed E-state index contributed by atoms with van der Waals surface area (Å²) >= 11 is 0. The molecule has 0 saturated heterocycles. The maximum Gasteiger partial charge on any atom is 0.359 e. The summed E-state index contributed by atoms with van der Waals surface area (Å²) in [4.78, 5) is 64.7. The van der Waals surface area contributed by atoms with Crippen LogP contribution in [-0.4, -0.2) is 53.5 Å². The predicted molar refractivity (Wildman–Crippen MR) is 185 cm³/mol. The van der Waals surface area contributed by atoms with E-state index in [4.69, 9.17) is 14.2 Å². The van der Waals surface area contributed by atoms with Crippen molar-refractivity contribution >= 4 is 29.7 Å². The number of carboxylic acid groups (broad SMARTS) is 1. The van der Waals surface area contributed by atoms with Crippen LogP contribution >= 0.6 is 0 Å². The highest BCUT2D eigenvalue weighted by Crippen LogP contribution is 2.30. The number of carboxylic acids is 1. The van der Waals surface area contributed by atoms with E-state index in [1.54, 1.807) is 48.5 Å². The third kappa shape index (κ3) is 11.7. The van der Waals surface area contributed by atoms with E-state index >= 15 is 0 Å². The van der Waals surface area contributed by atoms with Gasteiger partial charge in [-0.05, 0) is 48.1 Å². The van der Waals surface area contributed by atoms with Gasteiger partial charge in [-0.15, -0.1) is 0 Å². The minimum Gasteiger partial charge on any atom is -0.481 e. The van der Waals surface area contributed by atoms with Gasteiger partial charge in [-0.3, -0.25) is 14.4 Å². The first kappa shape index (κ1) is 37.6. The van der Waals surface area contributed by atoms with Gasteiger partial charge in [0.2, 0.25) is 11.8 Å². The lowest BCUT2D eigenvalue weighted by molar-refractivity contribution is -0.168. The fourth-order valence-electron chi connectivity index (χ4n) is 5.82. The number of nitrogens with one attached hydrogen (secondary N) is 2. The molecule has 3 aromatic carbocycles. The van der Waals surface area contributed by atoms with E-state index in [-0.39, 0.29) is 31.3 Å². The Kier molecular flexibility index (Phi) is 14.8. The predicted octanol–water partition coefficient (Wildman–Crippen LogP) is 5.15. The standard InChI is InChI=1S/C39H46N2O9/c1-2-3-12-23-40-36(43)33(41-35(42)31-17-10-11-18-32(31)37(44)45)24-27-19-21-30(22-20-27)50-34(38(46)48-25-28-13-6-4-7-14-28)39(47)49-26-29-15-8-5-9-16-29/h4-9,13-16,19-22,31-34H,2-3,10-12,17-18,23-26H2,1H3,(H,40,43)(H,41,42)(H,44,45)/t31-,32+,33+/m1/s1. The summed E-state index contributed by atoms with van der Waals surface area (Å²) in [5.41, 5.74) is 2.14. The van der Waals surface area contributed by atoms with E-state index in [1.165, 1.54) is 0 Å². The zero-order valence-corrected chi connectivity index (χ0v) is 28.4. The Bertz CT molecular complexity index is 1490. The Hall–Kier alpha value is -5.19. The fourth-order valence-corrected chi connectivity index (χ4v) is 5.82. The first-order valence-corrected chi connectivity index (χ1v) is 17.2. The smallest absolute Gasteiger partial charge is 0.359 e. The summed E-state index contributed by atoms with van der Waals surface area (Å²) in [6, 6.07) is 23.6. The number of hydrogen-bond donors (Lipinski definition) is 3. The SMILES string of the molecule is CCCCCNC(=O)[C@H](Cc1ccc(OC(C(=O)OCc2ccccc2)C(=O)OCc2ccccc2)cc1)NC(=O)[C@@H]1CCCC[C@@H]1C(=O)O. The molecule has 3 N–H and O–H groups in total. The molecule has 0 unspecified atom stereocenters. The molecule has 50 heavy (non-hydrogen) atoms. The van der Waals surface area contributed by atoms with E-state index in [0.29, 0.717) is 24.9 Å². The van der Waals surface area contributed by atoms with Gasteiger partial charge in [-0.25, -0.2) is 9.59 Å². The molecule has 1 aliphatic carbocycles. The van der Waals surface area contributed by atoms with Crippen LogP contribution in [-0.2, 0) is 53.1 Å². The first-order valence-electron chi connectivity index (χ1n) is 17.2. The summed E-state index contributed by atoms with van der Waals surface area (Å²) in [6.07, 6.45) is 3.50. The Morgan fingerprint density at radius 1 is 0.740 bits per heavy atom. The van der Waals surface area contributed by atoms with Crippen molar-refractivity contribution in [3.05, 3.63) is 102 Å². The summed E-state index contributed by atoms with van der Waals surface area (Å²) in [5, 5.41) is 15.4. The maximum absolute atomic E-state index is 13.3. The molecule has 2 amide bonds. The molecule has 0 aromatic heterocycles. The minimum absolute atomic E-state index is 0.0634. The second kappa shape index (κ2) is 19.7. The van der Waals surface area contributed by atoms with Gasteiger partial charge < -0.3 is 30.0 Å². The average molecular weight is 687 g/mol. The van der Waals surface area contributed by atoms with E-state index in [0.717, 1.165) is 43.2 Å². The first-order chi connectivity index (χ1) is 24.2. The van der Waals surface area contributed by atoms with Gasteiger partial charge in [0, 0.05) is 13.0 Å². The van der Waals surface area contributed by atoms with Crippen molar-refractivity contribution in [1.82, 2.24) is 10.6 Å². The molecule has 0 radical (unpaired) electrons. The molecule has 3 aromatic rings. The van der Waals surface area contributed by atoms with Crippen LogP contribution in [0.25, 0.3) is 0 Å². The molecule has 0 heterocycles. The highest BCUT2D eigenvalue weighted by Gasteiger charge is 2.37. The lowest BCUT2D eigenvalue weighted by Gasteiger charge is -2.29. The van der Waals surface area contributed by atoms with Crippen LogP contribution in [0.5, 0.6) is 5.75 Å². The molecule has 4 rings (SSSR count). The number of benzene rings is 3. The maximum atomic E-state index is 13.3. The molecule has 11 heteroatoms. The molecule has 1 saturated carbocycles. The fraction of sp³-hybridized carbons (Fsp3) is 0.410. The molecule has 266 valence electrons. The topological polar surface area (TPSA) is 157 Å². The summed E-state index contributed by atoms with van der Waals surface area (Å²) in [5.74, 6) is -4.97. The number of carbonyl (C=O) groups excluding carboxylic acids is 4. The van der Waals surface area contributed by atoms with Gasteiger partial charge >= 0.3 is 17.9 Å². The van der Waals surface area contributed by atoms with Gasteiger partial charge in [0.15, 0.2) is 0 Å². The number of rotatable bonds is 18. The van der Waals surface area contributed by atoms with Crippen LogP contribution in [0.15, 0.2) is 84.9 Å². The molecular weight excluding hydrogens is 640 g/mol. The number of ether oxygens (including phenoxy) is 3. The van der Waals surface area contributed by atoms with Gasteiger partial charge in [0.05, 0.1) is 11.8 Å². The number of esters is 2. The Morgan fingerprint density at radius 3 is 1.84 bits per heavy atom. The molecule has 1 aliphatic rings. The van der Waals surface area contributed by atoms with Gasteiger partial charge in [0.25, 0.3) is 6.10 Å². The molecule has 0 spiro atoms. The van der Waals surface area contributed by atoms with Gasteiger partial charge in [-0.1, -0.05) is 105 Å². The molecular formula is C39H46N2O9. The second-order valence-corrected chi connectivity index (χ2v) is 12.4. The van der Waals surface area contributed by atoms with Gasteiger partial charge in [-0.2, -0.15) is 0 Å². The van der Waals surface area contributed by atoms with Crippen molar-refractivity contribution in [2.24, 2.45) is 11.8 Å². The number of unbranched alkanes of at least 4 members (excludes halogenated alkanes) is 2. The third-order valence-electron chi connectivity index (χ3n) is 8.63. The van der Waals surface area contributed by atoms with Crippen LogP contribution in [0.4, 0.5) is 0 Å². The van der Waals surface area contributed by atoms with Gasteiger partial charge in [0.1, 0.15) is 25.0 Å². The highest BCUT2D eigenvalue weighted by molar-refractivity contribution is 5.98. The molecule has 3 atom stereocenters. The van der Waals surface area contributed by atoms with Crippen LogP contribution in [0, 0.1) is 11.8 Å². The molecule has 0 aliphatic heterocycles. The zero-order chi connectivity index (χ0) is 35.7. The number of aliphatic carboxylic acids is 1. The summed E-state index contributed by atoms with van der Waals surface area (Å²) in [7, 11) is 0. The molecule has 11 nitrogen and oxygen atoms in total. The lowest BCUT2D eigenvalue weighted by atomic mass is 9.78.